The van der Waals surface area contributed by atoms with Crippen LogP contribution in [0.1, 0.15) is 22.9 Å². The van der Waals surface area contributed by atoms with Crippen molar-refractivity contribution in [2.75, 3.05) is 19.1 Å². The van der Waals surface area contributed by atoms with Crippen LogP contribution >= 0.6 is 11.6 Å². The molecule has 0 saturated carbocycles. The standard InChI is InChI=1S/C25H21ClN2O5/c1-14-17(26)7-6-9-19(14)28-22(18-8-4-5-12-27-18)21(24(30)25(28)31)23(29)16-13-15(32-2)10-11-20(16)33-3/h4-13,22,29H,1-3H3/b23-21+. The molecule has 8 heteroatoms. The molecule has 1 aliphatic heterocycles. The third kappa shape index (κ3) is 3.81. The van der Waals surface area contributed by atoms with E-state index in [0.717, 1.165) is 0 Å². The van der Waals surface area contributed by atoms with Crippen molar-refractivity contribution in [3.05, 3.63) is 88.2 Å². The first-order valence-corrected chi connectivity index (χ1v) is 10.5. The van der Waals surface area contributed by atoms with Crippen molar-refractivity contribution in [1.82, 2.24) is 4.98 Å². The summed E-state index contributed by atoms with van der Waals surface area (Å²) in [6.45, 7) is 1.76. The Morgan fingerprint density at radius 1 is 1.06 bits per heavy atom. The Labute approximate surface area is 195 Å². The van der Waals surface area contributed by atoms with E-state index in [0.29, 0.717) is 33.5 Å². The van der Waals surface area contributed by atoms with Gasteiger partial charge in [0.05, 0.1) is 31.1 Å². The topological polar surface area (TPSA) is 89.0 Å². The van der Waals surface area contributed by atoms with Crippen molar-refractivity contribution < 1.29 is 24.2 Å². The van der Waals surface area contributed by atoms with E-state index in [1.165, 1.54) is 19.1 Å². The number of hydrogen-bond acceptors (Lipinski definition) is 6. The number of aliphatic hydroxyl groups is 1. The Balaban J connectivity index is 2.01. The number of anilines is 1. The second-order valence-electron chi connectivity index (χ2n) is 7.37. The molecular weight excluding hydrogens is 444 g/mol. The van der Waals surface area contributed by atoms with Crippen LogP contribution in [0.2, 0.25) is 5.02 Å². The van der Waals surface area contributed by atoms with Crippen molar-refractivity contribution in [3.63, 3.8) is 0 Å². The fraction of sp³-hybridized carbons (Fsp3) is 0.160. The first-order chi connectivity index (χ1) is 15.9. The molecule has 0 spiro atoms. The van der Waals surface area contributed by atoms with E-state index in [4.69, 9.17) is 21.1 Å². The van der Waals surface area contributed by atoms with Gasteiger partial charge in [-0.3, -0.25) is 19.5 Å². The van der Waals surface area contributed by atoms with Gasteiger partial charge in [0.15, 0.2) is 0 Å². The molecule has 1 aromatic heterocycles. The molecule has 1 atom stereocenters. The summed E-state index contributed by atoms with van der Waals surface area (Å²) in [6, 6.07) is 14.1. The van der Waals surface area contributed by atoms with Gasteiger partial charge in [0.2, 0.25) is 0 Å². The van der Waals surface area contributed by atoms with Crippen molar-refractivity contribution in [2.45, 2.75) is 13.0 Å². The van der Waals surface area contributed by atoms with Gasteiger partial charge in [-0.15, -0.1) is 0 Å². The molecule has 1 unspecified atom stereocenters. The van der Waals surface area contributed by atoms with Crippen LogP contribution in [0.25, 0.3) is 5.76 Å². The Bertz CT molecular complexity index is 1270. The summed E-state index contributed by atoms with van der Waals surface area (Å²) in [5.41, 5.74) is 1.61. The van der Waals surface area contributed by atoms with Crippen molar-refractivity contribution in [3.8, 4) is 11.5 Å². The highest BCUT2D eigenvalue weighted by Gasteiger charge is 2.48. The van der Waals surface area contributed by atoms with Crippen LogP contribution in [0.3, 0.4) is 0 Å². The van der Waals surface area contributed by atoms with Gasteiger partial charge in [0.25, 0.3) is 11.7 Å². The Hall–Kier alpha value is -3.84. The largest absolute Gasteiger partial charge is 0.507 e. The number of nitrogens with zero attached hydrogens (tertiary/aromatic N) is 2. The van der Waals surface area contributed by atoms with Gasteiger partial charge in [-0.1, -0.05) is 23.7 Å². The number of ether oxygens (including phenoxy) is 2. The highest BCUT2D eigenvalue weighted by molar-refractivity contribution is 6.52. The van der Waals surface area contributed by atoms with E-state index >= 15 is 0 Å². The van der Waals surface area contributed by atoms with Gasteiger partial charge >= 0.3 is 0 Å². The molecule has 1 aliphatic rings. The van der Waals surface area contributed by atoms with Crippen LogP contribution in [0.4, 0.5) is 5.69 Å². The number of halogens is 1. The minimum atomic E-state index is -0.973. The number of amides is 1. The summed E-state index contributed by atoms with van der Waals surface area (Å²) >= 11 is 6.31. The fourth-order valence-electron chi connectivity index (χ4n) is 3.90. The Morgan fingerprint density at radius 2 is 1.85 bits per heavy atom. The van der Waals surface area contributed by atoms with E-state index in [1.807, 2.05) is 0 Å². The zero-order chi connectivity index (χ0) is 23.7. The van der Waals surface area contributed by atoms with Crippen LogP contribution < -0.4 is 14.4 Å². The van der Waals surface area contributed by atoms with Crippen molar-refractivity contribution >= 4 is 34.7 Å². The van der Waals surface area contributed by atoms with Crippen LogP contribution in [-0.4, -0.2) is 36.0 Å². The van der Waals surface area contributed by atoms with Crippen LogP contribution in [0.5, 0.6) is 11.5 Å². The smallest absolute Gasteiger partial charge is 0.300 e. The van der Waals surface area contributed by atoms with Gasteiger partial charge < -0.3 is 14.6 Å². The number of rotatable bonds is 5. The van der Waals surface area contributed by atoms with Gasteiger partial charge in [-0.05, 0) is 55.0 Å². The summed E-state index contributed by atoms with van der Waals surface area (Å²) in [5.74, 6) is -1.25. The normalized spacial score (nSPS) is 17.3. The predicted molar refractivity (Wildman–Crippen MR) is 125 cm³/mol. The Morgan fingerprint density at radius 3 is 2.52 bits per heavy atom. The third-order valence-electron chi connectivity index (χ3n) is 5.57. The molecule has 7 nitrogen and oxygen atoms in total. The molecule has 1 N–H and O–H groups in total. The SMILES string of the molecule is COc1ccc(OC)c(/C(O)=C2\C(=O)C(=O)N(c3cccc(Cl)c3C)C2c2ccccn2)c1. The first-order valence-electron chi connectivity index (χ1n) is 10.1. The van der Waals surface area contributed by atoms with Crippen molar-refractivity contribution in [1.29, 1.82) is 0 Å². The van der Waals surface area contributed by atoms with Gasteiger partial charge in [-0.2, -0.15) is 0 Å². The number of methoxy groups -OCH3 is 2. The number of benzene rings is 2. The number of Topliss-reactive ketones (excluding diaryl/α,β-unsaturated/α-hetero) is 1. The lowest BCUT2D eigenvalue weighted by atomic mass is 9.97. The molecule has 4 rings (SSSR count). The minimum absolute atomic E-state index is 0.107. The maximum atomic E-state index is 13.3. The molecule has 1 amide bonds. The molecule has 33 heavy (non-hydrogen) atoms. The molecule has 2 heterocycles. The summed E-state index contributed by atoms with van der Waals surface area (Å²) in [5, 5.41) is 11.8. The maximum absolute atomic E-state index is 13.3. The highest BCUT2D eigenvalue weighted by Crippen LogP contribution is 2.44. The molecule has 0 aliphatic carbocycles. The van der Waals surface area contributed by atoms with Crippen LogP contribution in [0.15, 0.2) is 66.4 Å². The van der Waals surface area contributed by atoms with Gasteiger partial charge in [0, 0.05) is 16.9 Å². The second-order valence-corrected chi connectivity index (χ2v) is 7.78. The van der Waals surface area contributed by atoms with E-state index in [-0.39, 0.29) is 16.9 Å². The van der Waals surface area contributed by atoms with Crippen LogP contribution in [-0.2, 0) is 9.59 Å². The molecule has 2 aromatic carbocycles. The lowest BCUT2D eigenvalue weighted by Gasteiger charge is -2.26. The van der Waals surface area contributed by atoms with Crippen LogP contribution in [0, 0.1) is 6.92 Å². The first kappa shape index (κ1) is 22.4. The number of hydrogen-bond donors (Lipinski definition) is 1. The fourth-order valence-corrected chi connectivity index (χ4v) is 4.07. The molecule has 0 bridgehead atoms. The van der Waals surface area contributed by atoms with Gasteiger partial charge in [-0.25, -0.2) is 0 Å². The summed E-state index contributed by atoms with van der Waals surface area (Å²) in [6.07, 6.45) is 1.56. The number of carbonyl (C=O) groups is 2. The zero-order valence-electron chi connectivity index (χ0n) is 18.2. The molecule has 0 radical (unpaired) electrons. The highest BCUT2D eigenvalue weighted by atomic mass is 35.5. The molecule has 168 valence electrons. The third-order valence-corrected chi connectivity index (χ3v) is 5.98. The molecule has 1 fully saturated rings. The summed E-state index contributed by atoms with van der Waals surface area (Å²) in [4.78, 5) is 32.3. The predicted octanol–water partition coefficient (Wildman–Crippen LogP) is 4.69. The average molecular weight is 465 g/mol. The molecule has 1 saturated heterocycles. The van der Waals surface area contributed by atoms with E-state index in [9.17, 15) is 14.7 Å². The van der Waals surface area contributed by atoms with E-state index < -0.39 is 17.7 Å². The van der Waals surface area contributed by atoms with Crippen molar-refractivity contribution in [2.24, 2.45) is 0 Å². The maximum Gasteiger partial charge on any atom is 0.300 e. The lowest BCUT2D eigenvalue weighted by Crippen LogP contribution is -2.30. The number of aromatic nitrogens is 1. The second kappa shape index (κ2) is 8.96. The summed E-state index contributed by atoms with van der Waals surface area (Å²) < 4.78 is 10.6. The number of carbonyl (C=O) groups excluding carboxylic acids is 2. The quantitative estimate of drug-likeness (QED) is 0.335. The monoisotopic (exact) mass is 464 g/mol. The van der Waals surface area contributed by atoms with Gasteiger partial charge in [0.1, 0.15) is 23.3 Å². The average Bonchev–Trinajstić information content (AvgIpc) is 3.10. The molecule has 3 aromatic rings. The minimum Gasteiger partial charge on any atom is -0.507 e. The van der Waals surface area contributed by atoms with E-state index in [2.05, 4.69) is 4.98 Å². The number of ketones is 1. The number of pyridine rings is 1. The Kier molecular flexibility index (Phi) is 6.07. The summed E-state index contributed by atoms with van der Waals surface area (Å²) in [7, 11) is 2.93. The number of aliphatic hydroxyl groups excluding tert-OH is 1. The molecular formula is C25H21ClN2O5. The lowest BCUT2D eigenvalue weighted by molar-refractivity contribution is -0.132. The zero-order valence-corrected chi connectivity index (χ0v) is 19.0. The van der Waals surface area contributed by atoms with E-state index in [1.54, 1.807) is 67.7 Å².